The molecule has 1 aliphatic heterocycles. The topological polar surface area (TPSA) is 53.4 Å². The van der Waals surface area contributed by atoms with Crippen molar-refractivity contribution in [3.63, 3.8) is 0 Å². The van der Waals surface area contributed by atoms with Crippen LogP contribution in [0, 0.1) is 0 Å². The van der Waals surface area contributed by atoms with Crippen LogP contribution in [0.1, 0.15) is 37.1 Å². The van der Waals surface area contributed by atoms with E-state index in [9.17, 15) is 4.79 Å². The van der Waals surface area contributed by atoms with Gasteiger partial charge < -0.3 is 4.98 Å². The number of hydrogen-bond acceptors (Lipinski definition) is 3. The molecule has 3 heterocycles. The third-order valence-electron chi connectivity index (χ3n) is 5.50. The van der Waals surface area contributed by atoms with Gasteiger partial charge in [0.25, 0.3) is 5.56 Å². The number of rotatable bonds is 0. The van der Waals surface area contributed by atoms with E-state index in [4.69, 9.17) is 0 Å². The van der Waals surface area contributed by atoms with Crippen LogP contribution in [0.5, 0.6) is 0 Å². The van der Waals surface area contributed by atoms with Gasteiger partial charge in [0.15, 0.2) is 0 Å². The molecule has 1 unspecified atom stereocenters. The van der Waals surface area contributed by atoms with Crippen molar-refractivity contribution in [3.05, 3.63) is 51.9 Å². The molecule has 3 aliphatic rings. The summed E-state index contributed by atoms with van der Waals surface area (Å²) in [7, 11) is 2.20. The Morgan fingerprint density at radius 2 is 2.18 bits per heavy atom. The minimum Gasteiger partial charge on any atom is -0.317 e. The Bertz CT molecular complexity index is 916. The first-order chi connectivity index (χ1) is 10.7. The smallest absolute Gasteiger partial charge is 0.292 e. The highest BCUT2D eigenvalue weighted by molar-refractivity contribution is 5.88. The van der Waals surface area contributed by atoms with Crippen LogP contribution in [0.4, 0.5) is 0 Å². The summed E-state index contributed by atoms with van der Waals surface area (Å²) in [6.07, 6.45) is 12.7. The van der Waals surface area contributed by atoms with Crippen molar-refractivity contribution in [3.8, 4) is 0 Å². The van der Waals surface area contributed by atoms with Gasteiger partial charge in [0, 0.05) is 18.0 Å². The summed E-state index contributed by atoms with van der Waals surface area (Å²) < 4.78 is 2.01. The van der Waals surface area contributed by atoms with Gasteiger partial charge in [-0.3, -0.25) is 14.1 Å². The molecule has 0 radical (unpaired) electrons. The van der Waals surface area contributed by atoms with Gasteiger partial charge in [-0.1, -0.05) is 12.2 Å². The average molecular weight is 294 g/mol. The number of likely N-dealkylation sites (N-methyl/N-ethyl adjacent to an activating group) is 1. The Kier molecular flexibility index (Phi) is 2.25. The van der Waals surface area contributed by atoms with Gasteiger partial charge in [-0.15, -0.1) is 0 Å². The van der Waals surface area contributed by atoms with Crippen molar-refractivity contribution in [1.82, 2.24) is 19.3 Å². The highest BCUT2D eigenvalue weighted by Gasteiger charge is 2.53. The second-order valence-electron chi connectivity index (χ2n) is 6.50. The minimum absolute atomic E-state index is 0.104. The maximum atomic E-state index is 12.4. The third-order valence-corrected chi connectivity index (χ3v) is 5.50. The summed E-state index contributed by atoms with van der Waals surface area (Å²) in [5.74, 6) is 0. The summed E-state index contributed by atoms with van der Waals surface area (Å²) in [5.41, 5.74) is 5.08. The lowest BCUT2D eigenvalue weighted by Crippen LogP contribution is -2.40. The first-order valence-electron chi connectivity index (χ1n) is 7.96. The van der Waals surface area contributed by atoms with E-state index in [0.717, 1.165) is 31.5 Å². The number of allylic oxidation sites excluding steroid dienone is 2. The molecule has 2 aromatic rings. The second kappa shape index (κ2) is 3.98. The van der Waals surface area contributed by atoms with E-state index in [1.54, 1.807) is 6.20 Å². The summed E-state index contributed by atoms with van der Waals surface area (Å²) >= 11 is 0. The molecule has 5 rings (SSSR count). The molecule has 1 atom stereocenters. The number of likely N-dealkylation sites (tertiary alicyclic amines) is 1. The Morgan fingerprint density at radius 1 is 1.32 bits per heavy atom. The van der Waals surface area contributed by atoms with Gasteiger partial charge in [-0.2, -0.15) is 0 Å². The van der Waals surface area contributed by atoms with E-state index < -0.39 is 0 Å². The summed E-state index contributed by atoms with van der Waals surface area (Å²) in [4.78, 5) is 22.2. The molecule has 112 valence electrons. The summed E-state index contributed by atoms with van der Waals surface area (Å²) in [5, 5.41) is 0. The van der Waals surface area contributed by atoms with Crippen LogP contribution in [-0.4, -0.2) is 32.9 Å². The molecule has 2 aromatic heterocycles. The standard InChI is InChI=1S/C17H18N4O/c1-20-9-4-7-17(20)12-6-3-2-5-11(12)13-14(17)21-10-8-18-15(21)16(22)19-13/h5-6,8,10H,2-4,7,9H2,1H3,(H,19,22). The molecule has 1 N–H and O–H groups in total. The van der Waals surface area contributed by atoms with Crippen molar-refractivity contribution >= 4 is 11.2 Å². The van der Waals surface area contributed by atoms with E-state index in [1.807, 2.05) is 10.6 Å². The minimum atomic E-state index is -0.106. The number of H-pyrrole nitrogens is 1. The SMILES string of the molecule is CN1CCCC12C1=CCCC=C1c1[nH]c(=O)c3nccn3c12. The number of aromatic amines is 1. The first-order valence-corrected chi connectivity index (χ1v) is 7.96. The molecule has 0 bridgehead atoms. The fraction of sp³-hybridized carbons (Fsp3) is 0.412. The van der Waals surface area contributed by atoms with E-state index in [2.05, 4.69) is 34.1 Å². The van der Waals surface area contributed by atoms with E-state index in [-0.39, 0.29) is 11.1 Å². The lowest BCUT2D eigenvalue weighted by atomic mass is 9.84. The zero-order valence-electron chi connectivity index (χ0n) is 12.6. The molecule has 1 fully saturated rings. The van der Waals surface area contributed by atoms with Crippen LogP contribution in [-0.2, 0) is 5.54 Å². The Labute approximate surface area is 128 Å². The lowest BCUT2D eigenvalue weighted by molar-refractivity contribution is 0.219. The van der Waals surface area contributed by atoms with Crippen LogP contribution in [0.15, 0.2) is 34.9 Å². The van der Waals surface area contributed by atoms with Gasteiger partial charge in [0.1, 0.15) is 0 Å². The predicted molar refractivity (Wildman–Crippen MR) is 84.6 cm³/mol. The Balaban J connectivity index is 1.98. The average Bonchev–Trinajstić information content (AvgIpc) is 3.20. The van der Waals surface area contributed by atoms with Crippen LogP contribution < -0.4 is 5.56 Å². The predicted octanol–water partition coefficient (Wildman–Crippen LogP) is 2.06. The zero-order chi connectivity index (χ0) is 14.9. The number of nitrogens with zero attached hydrogens (tertiary/aromatic N) is 3. The summed E-state index contributed by atoms with van der Waals surface area (Å²) in [6.45, 7) is 1.08. The number of fused-ring (bicyclic) bond motifs is 7. The van der Waals surface area contributed by atoms with E-state index >= 15 is 0 Å². The number of nitrogens with one attached hydrogen (secondary N) is 1. The number of aromatic nitrogens is 3. The molecular weight excluding hydrogens is 276 g/mol. The van der Waals surface area contributed by atoms with Crippen LogP contribution >= 0.6 is 0 Å². The van der Waals surface area contributed by atoms with Crippen molar-refractivity contribution < 1.29 is 0 Å². The first kappa shape index (κ1) is 12.4. The van der Waals surface area contributed by atoms with Gasteiger partial charge in [0.05, 0.1) is 16.9 Å². The quantitative estimate of drug-likeness (QED) is 0.809. The molecule has 2 aliphatic carbocycles. The van der Waals surface area contributed by atoms with Gasteiger partial charge in [0.2, 0.25) is 5.65 Å². The van der Waals surface area contributed by atoms with E-state index in [0.29, 0.717) is 5.65 Å². The van der Waals surface area contributed by atoms with E-state index in [1.165, 1.54) is 23.3 Å². The fourth-order valence-corrected chi connectivity index (χ4v) is 4.63. The maximum Gasteiger partial charge on any atom is 0.292 e. The monoisotopic (exact) mass is 294 g/mol. The molecule has 0 saturated carbocycles. The normalized spacial score (nSPS) is 27.1. The fourth-order valence-electron chi connectivity index (χ4n) is 4.63. The molecule has 1 spiro atoms. The molecule has 22 heavy (non-hydrogen) atoms. The molecule has 0 aromatic carbocycles. The van der Waals surface area contributed by atoms with Gasteiger partial charge >= 0.3 is 0 Å². The van der Waals surface area contributed by atoms with Crippen molar-refractivity contribution in [2.75, 3.05) is 13.6 Å². The maximum absolute atomic E-state index is 12.4. The van der Waals surface area contributed by atoms with Crippen molar-refractivity contribution in [2.45, 2.75) is 31.2 Å². The molecule has 0 amide bonds. The Hall–Kier alpha value is -2.14. The molecule has 5 nitrogen and oxygen atoms in total. The highest BCUT2D eigenvalue weighted by Crippen LogP contribution is 2.56. The summed E-state index contributed by atoms with van der Waals surface area (Å²) in [6, 6.07) is 0. The van der Waals surface area contributed by atoms with Crippen LogP contribution in [0.3, 0.4) is 0 Å². The third kappa shape index (κ3) is 1.24. The molecular formula is C17H18N4O. The van der Waals surface area contributed by atoms with Gasteiger partial charge in [-0.25, -0.2) is 4.98 Å². The zero-order valence-corrected chi connectivity index (χ0v) is 12.6. The number of imidazole rings is 1. The van der Waals surface area contributed by atoms with Crippen LogP contribution in [0.25, 0.3) is 11.2 Å². The largest absolute Gasteiger partial charge is 0.317 e. The number of hydrogen-bond donors (Lipinski definition) is 1. The second-order valence-corrected chi connectivity index (χ2v) is 6.50. The lowest BCUT2D eigenvalue weighted by Gasteiger charge is -2.35. The van der Waals surface area contributed by atoms with Gasteiger partial charge in [-0.05, 0) is 44.8 Å². The highest BCUT2D eigenvalue weighted by atomic mass is 16.1. The Morgan fingerprint density at radius 3 is 3.00 bits per heavy atom. The molecule has 1 saturated heterocycles. The van der Waals surface area contributed by atoms with Crippen molar-refractivity contribution in [2.24, 2.45) is 0 Å². The molecule has 5 heteroatoms. The van der Waals surface area contributed by atoms with Crippen molar-refractivity contribution in [1.29, 1.82) is 0 Å². The van der Waals surface area contributed by atoms with Crippen LogP contribution in [0.2, 0.25) is 0 Å².